The van der Waals surface area contributed by atoms with Gasteiger partial charge in [0.05, 0.1) is 11.6 Å². The number of nitrogens with zero attached hydrogens (tertiary/aromatic N) is 2. The summed E-state index contributed by atoms with van der Waals surface area (Å²) in [5.74, 6) is -1.66. The van der Waals surface area contributed by atoms with Gasteiger partial charge in [0.15, 0.2) is 5.13 Å². The summed E-state index contributed by atoms with van der Waals surface area (Å²) >= 11 is 1.45. The second-order valence-electron chi connectivity index (χ2n) is 4.10. The Bertz CT molecular complexity index is 469. The molecule has 1 atom stereocenters. The van der Waals surface area contributed by atoms with Gasteiger partial charge in [-0.1, -0.05) is 6.92 Å². The molecule has 1 N–H and O–H groups in total. The molecule has 92 valence electrons. The van der Waals surface area contributed by atoms with Gasteiger partial charge in [-0.2, -0.15) is 0 Å². The van der Waals surface area contributed by atoms with Crippen LogP contribution in [0.15, 0.2) is 0 Å². The average molecular weight is 254 g/mol. The fourth-order valence-electron chi connectivity index (χ4n) is 1.91. The minimum Gasteiger partial charge on any atom is -0.481 e. The topological polar surface area (TPSA) is 70.5 Å². The van der Waals surface area contributed by atoms with Crippen molar-refractivity contribution in [2.75, 3.05) is 11.4 Å². The van der Waals surface area contributed by atoms with E-state index in [0.717, 1.165) is 17.0 Å². The lowest BCUT2D eigenvalue weighted by molar-refractivity contribution is -0.141. The summed E-state index contributed by atoms with van der Waals surface area (Å²) < 4.78 is 0. The fraction of sp³-hybridized carbons (Fsp3) is 0.545. The molecule has 0 radical (unpaired) electrons. The van der Waals surface area contributed by atoms with Crippen molar-refractivity contribution in [1.29, 1.82) is 0 Å². The van der Waals surface area contributed by atoms with E-state index in [1.54, 1.807) is 0 Å². The number of anilines is 1. The molecule has 0 spiro atoms. The molecule has 6 heteroatoms. The molecule has 1 aliphatic rings. The summed E-state index contributed by atoms with van der Waals surface area (Å²) in [5.41, 5.74) is 0.983. The molecule has 1 saturated heterocycles. The molecule has 5 nitrogen and oxygen atoms in total. The second-order valence-corrected chi connectivity index (χ2v) is 5.28. The highest BCUT2D eigenvalue weighted by Gasteiger charge is 2.36. The summed E-state index contributed by atoms with van der Waals surface area (Å²) in [4.78, 5) is 29.6. The highest BCUT2D eigenvalue weighted by molar-refractivity contribution is 7.15. The molecule has 1 unspecified atom stereocenters. The van der Waals surface area contributed by atoms with Gasteiger partial charge >= 0.3 is 5.97 Å². The lowest BCUT2D eigenvalue weighted by Crippen LogP contribution is -2.25. The third kappa shape index (κ3) is 2.17. The summed E-state index contributed by atoms with van der Waals surface area (Å²) in [5, 5.41) is 9.54. The summed E-state index contributed by atoms with van der Waals surface area (Å²) in [7, 11) is 0. The molecule has 1 aromatic rings. The Balaban J connectivity index is 2.22. The van der Waals surface area contributed by atoms with Gasteiger partial charge in [-0.15, -0.1) is 11.3 Å². The number of carboxylic acids is 1. The van der Waals surface area contributed by atoms with E-state index in [9.17, 15) is 9.59 Å². The predicted molar refractivity (Wildman–Crippen MR) is 64.3 cm³/mol. The number of aryl methyl sites for hydroxylation is 2. The Hall–Kier alpha value is -1.43. The van der Waals surface area contributed by atoms with Crippen molar-refractivity contribution < 1.29 is 14.7 Å². The first-order chi connectivity index (χ1) is 8.02. The van der Waals surface area contributed by atoms with Crippen LogP contribution in [-0.2, 0) is 16.0 Å². The van der Waals surface area contributed by atoms with E-state index in [1.165, 1.54) is 16.2 Å². The van der Waals surface area contributed by atoms with Crippen LogP contribution >= 0.6 is 11.3 Å². The van der Waals surface area contributed by atoms with Crippen LogP contribution < -0.4 is 4.90 Å². The van der Waals surface area contributed by atoms with Gasteiger partial charge in [-0.05, 0) is 13.3 Å². The first-order valence-corrected chi connectivity index (χ1v) is 6.34. The number of rotatable bonds is 3. The SMILES string of the molecule is CCc1nc(N2CC(C(=O)O)CC2=O)sc1C. The van der Waals surface area contributed by atoms with Gasteiger partial charge in [0, 0.05) is 17.8 Å². The molecular formula is C11H14N2O3S. The predicted octanol–water partition coefficient (Wildman–Crippen LogP) is 1.45. The molecular weight excluding hydrogens is 240 g/mol. The third-order valence-corrected chi connectivity index (χ3v) is 3.96. The number of carboxylic acid groups (broad SMARTS) is 1. The molecule has 1 amide bonds. The quantitative estimate of drug-likeness (QED) is 0.886. The zero-order valence-electron chi connectivity index (χ0n) is 9.77. The Labute approximate surface area is 103 Å². The van der Waals surface area contributed by atoms with E-state index in [1.807, 2.05) is 13.8 Å². The first-order valence-electron chi connectivity index (χ1n) is 5.52. The number of hydrogen-bond donors (Lipinski definition) is 1. The van der Waals surface area contributed by atoms with E-state index in [4.69, 9.17) is 5.11 Å². The van der Waals surface area contributed by atoms with Crippen molar-refractivity contribution >= 4 is 28.3 Å². The second kappa shape index (κ2) is 4.44. The van der Waals surface area contributed by atoms with Gasteiger partial charge in [0.1, 0.15) is 0 Å². The lowest BCUT2D eigenvalue weighted by Gasteiger charge is -2.11. The number of hydrogen-bond acceptors (Lipinski definition) is 4. The molecule has 0 aliphatic carbocycles. The van der Waals surface area contributed by atoms with Crippen molar-refractivity contribution in [2.45, 2.75) is 26.7 Å². The van der Waals surface area contributed by atoms with E-state index in [-0.39, 0.29) is 18.9 Å². The highest BCUT2D eigenvalue weighted by Crippen LogP contribution is 2.31. The maximum Gasteiger partial charge on any atom is 0.308 e. The number of amides is 1. The van der Waals surface area contributed by atoms with Crippen LogP contribution in [0.1, 0.15) is 23.9 Å². The van der Waals surface area contributed by atoms with Crippen LogP contribution in [-0.4, -0.2) is 28.5 Å². The summed E-state index contributed by atoms with van der Waals surface area (Å²) in [6.45, 7) is 4.22. The van der Waals surface area contributed by atoms with Crippen molar-refractivity contribution in [1.82, 2.24) is 4.98 Å². The van der Waals surface area contributed by atoms with E-state index < -0.39 is 11.9 Å². The monoisotopic (exact) mass is 254 g/mol. The molecule has 2 heterocycles. The molecule has 0 aromatic carbocycles. The first kappa shape index (κ1) is 12.0. The highest BCUT2D eigenvalue weighted by atomic mass is 32.1. The maximum atomic E-state index is 11.7. The molecule has 0 saturated carbocycles. The van der Waals surface area contributed by atoms with E-state index in [2.05, 4.69) is 4.98 Å². The number of carbonyl (C=O) groups excluding carboxylic acids is 1. The lowest BCUT2D eigenvalue weighted by atomic mass is 10.1. The largest absolute Gasteiger partial charge is 0.481 e. The zero-order valence-corrected chi connectivity index (χ0v) is 10.6. The summed E-state index contributed by atoms with van der Waals surface area (Å²) in [6.07, 6.45) is 0.905. The molecule has 1 aliphatic heterocycles. The van der Waals surface area contributed by atoms with Crippen molar-refractivity contribution in [2.24, 2.45) is 5.92 Å². The normalized spacial score (nSPS) is 20.0. The Kier molecular flexibility index (Phi) is 3.15. The molecule has 0 bridgehead atoms. The zero-order chi connectivity index (χ0) is 12.6. The number of thiazole rings is 1. The fourth-order valence-corrected chi connectivity index (χ4v) is 2.94. The van der Waals surface area contributed by atoms with Crippen LogP contribution in [0.2, 0.25) is 0 Å². The van der Waals surface area contributed by atoms with Crippen molar-refractivity contribution in [3.63, 3.8) is 0 Å². The number of aromatic nitrogens is 1. The molecule has 1 aromatic heterocycles. The molecule has 17 heavy (non-hydrogen) atoms. The third-order valence-electron chi connectivity index (χ3n) is 2.92. The van der Waals surface area contributed by atoms with Crippen LogP contribution in [0, 0.1) is 12.8 Å². The van der Waals surface area contributed by atoms with Crippen LogP contribution in [0.25, 0.3) is 0 Å². The molecule has 1 fully saturated rings. The number of aliphatic carboxylic acids is 1. The van der Waals surface area contributed by atoms with Gasteiger partial charge in [-0.25, -0.2) is 4.98 Å². The average Bonchev–Trinajstić information content (AvgIpc) is 2.81. The van der Waals surface area contributed by atoms with E-state index in [0.29, 0.717) is 5.13 Å². The maximum absolute atomic E-state index is 11.7. The Morgan fingerprint density at radius 1 is 1.65 bits per heavy atom. The minimum atomic E-state index is -0.912. The Morgan fingerprint density at radius 2 is 2.35 bits per heavy atom. The van der Waals surface area contributed by atoms with Crippen LogP contribution in [0.5, 0.6) is 0 Å². The summed E-state index contributed by atoms with van der Waals surface area (Å²) in [6, 6.07) is 0. The van der Waals surface area contributed by atoms with Crippen LogP contribution in [0.4, 0.5) is 5.13 Å². The standard InChI is InChI=1S/C11H14N2O3S/c1-3-8-6(2)17-11(12-8)13-5-7(10(15)16)4-9(13)14/h7H,3-5H2,1-2H3,(H,15,16). The molecule has 2 rings (SSSR count). The van der Waals surface area contributed by atoms with Crippen molar-refractivity contribution in [3.8, 4) is 0 Å². The van der Waals surface area contributed by atoms with Gasteiger partial charge in [-0.3, -0.25) is 14.5 Å². The van der Waals surface area contributed by atoms with Gasteiger partial charge in [0.25, 0.3) is 0 Å². The van der Waals surface area contributed by atoms with Crippen LogP contribution in [0.3, 0.4) is 0 Å². The van der Waals surface area contributed by atoms with Crippen molar-refractivity contribution in [3.05, 3.63) is 10.6 Å². The smallest absolute Gasteiger partial charge is 0.308 e. The van der Waals surface area contributed by atoms with E-state index >= 15 is 0 Å². The number of carbonyl (C=O) groups is 2. The van der Waals surface area contributed by atoms with Gasteiger partial charge in [0.2, 0.25) is 5.91 Å². The minimum absolute atomic E-state index is 0.0788. The van der Waals surface area contributed by atoms with Gasteiger partial charge < -0.3 is 5.11 Å². The Morgan fingerprint density at radius 3 is 2.82 bits per heavy atom.